The monoisotopic (exact) mass is 552 g/mol. The first-order chi connectivity index (χ1) is 18.1. The van der Waals surface area contributed by atoms with Crippen LogP contribution in [0.25, 0.3) is 18.0 Å². The van der Waals surface area contributed by atoms with Crippen LogP contribution >= 0.6 is 23.8 Å². The van der Waals surface area contributed by atoms with Crippen molar-refractivity contribution in [1.29, 1.82) is 0 Å². The number of aromatic nitrogens is 1. The molecular weight excluding hydrogens is 533 g/mol. The van der Waals surface area contributed by atoms with Crippen molar-refractivity contribution in [2.75, 3.05) is 10.2 Å². The number of aliphatic imine (C=N–C) groups is 1. The molecule has 0 radical (unpaired) electrons. The van der Waals surface area contributed by atoms with Gasteiger partial charge in [-0.25, -0.2) is 9.98 Å². The fraction of sp³-hybridized carbons (Fsp3) is 0.148. The van der Waals surface area contributed by atoms with Gasteiger partial charge in [-0.05, 0) is 60.1 Å². The molecule has 2 aliphatic rings. The molecule has 0 saturated carbocycles. The Balaban J connectivity index is 1.36. The maximum Gasteiger partial charge on any atom is 0.417 e. The SMILES string of the molecule is Cc1cccc(C)c1NC(=S)N=NC=c1ccc2c(c1)C=CC1C=2N=CN1c1ncc(C(F)(F)F)cc1Cl. The maximum atomic E-state index is 13.0. The molecule has 6 nitrogen and oxygen atoms in total. The highest BCUT2D eigenvalue weighted by atomic mass is 35.5. The molecule has 2 heterocycles. The first-order valence-corrected chi connectivity index (χ1v) is 12.3. The predicted octanol–water partition coefficient (Wildman–Crippen LogP) is 6.01. The minimum atomic E-state index is -4.52. The van der Waals surface area contributed by atoms with Gasteiger partial charge in [-0.3, -0.25) is 0 Å². The number of anilines is 2. The van der Waals surface area contributed by atoms with Crippen LogP contribution in [0.3, 0.4) is 0 Å². The number of rotatable bonds is 3. The van der Waals surface area contributed by atoms with E-state index < -0.39 is 11.7 Å². The number of aryl methyl sites for hydroxylation is 2. The number of halogens is 4. The molecule has 2 aromatic carbocycles. The number of hydrogen-bond donors (Lipinski definition) is 1. The van der Waals surface area contributed by atoms with Gasteiger partial charge in [0, 0.05) is 17.1 Å². The third-order valence-corrected chi connectivity index (χ3v) is 6.63. The van der Waals surface area contributed by atoms with Crippen LogP contribution in [0.5, 0.6) is 0 Å². The summed E-state index contributed by atoms with van der Waals surface area (Å²) in [6, 6.07) is 12.2. The molecule has 11 heteroatoms. The van der Waals surface area contributed by atoms with Crippen molar-refractivity contribution in [3.8, 4) is 0 Å². The number of para-hydroxylation sites is 1. The molecule has 192 valence electrons. The Morgan fingerprint density at radius 1 is 1.16 bits per heavy atom. The second kappa shape index (κ2) is 10.1. The fourth-order valence-corrected chi connectivity index (χ4v) is 4.71. The summed E-state index contributed by atoms with van der Waals surface area (Å²) < 4.78 is 39.0. The van der Waals surface area contributed by atoms with E-state index in [1.54, 1.807) is 11.1 Å². The van der Waals surface area contributed by atoms with Crippen molar-refractivity contribution >= 4 is 64.7 Å². The molecule has 1 atom stereocenters. The number of thiocarbonyl (C=S) groups is 1. The first-order valence-electron chi connectivity index (χ1n) is 11.5. The van der Waals surface area contributed by atoms with Crippen molar-refractivity contribution < 1.29 is 13.2 Å². The van der Waals surface area contributed by atoms with Crippen LogP contribution in [-0.4, -0.2) is 22.5 Å². The van der Waals surface area contributed by atoms with Gasteiger partial charge in [0.05, 0.1) is 34.9 Å². The maximum absolute atomic E-state index is 13.0. The minimum Gasteiger partial charge on any atom is -0.329 e. The van der Waals surface area contributed by atoms with Crippen LogP contribution in [0.15, 0.2) is 70.0 Å². The van der Waals surface area contributed by atoms with E-state index in [1.165, 1.54) is 6.34 Å². The van der Waals surface area contributed by atoms with Gasteiger partial charge in [-0.1, -0.05) is 54.1 Å². The summed E-state index contributed by atoms with van der Waals surface area (Å²) in [5.74, 6) is 0.201. The van der Waals surface area contributed by atoms with Gasteiger partial charge < -0.3 is 10.2 Å². The zero-order valence-corrected chi connectivity index (χ0v) is 21.7. The number of nitrogens with zero attached hydrogens (tertiary/aromatic N) is 5. The van der Waals surface area contributed by atoms with E-state index >= 15 is 0 Å². The van der Waals surface area contributed by atoms with E-state index in [4.69, 9.17) is 23.8 Å². The molecule has 1 aromatic heterocycles. The molecule has 3 aromatic rings. The van der Waals surface area contributed by atoms with Gasteiger partial charge in [-0.15, -0.1) is 5.11 Å². The van der Waals surface area contributed by atoms with Gasteiger partial charge in [-0.2, -0.15) is 18.3 Å². The summed E-state index contributed by atoms with van der Waals surface area (Å²) in [7, 11) is 0. The summed E-state index contributed by atoms with van der Waals surface area (Å²) >= 11 is 11.5. The van der Waals surface area contributed by atoms with E-state index in [-0.39, 0.29) is 22.0 Å². The Bertz CT molecular complexity index is 1640. The molecule has 0 saturated heterocycles. The van der Waals surface area contributed by atoms with Gasteiger partial charge in [0.25, 0.3) is 0 Å². The lowest BCUT2D eigenvalue weighted by Crippen LogP contribution is -2.33. The lowest BCUT2D eigenvalue weighted by atomic mass is 9.99. The standard InChI is InChI=1S/C27H20ClF3N6S/c1-15-4-3-5-16(2)23(15)35-26(38)36-34-12-17-6-8-20-18(10-17)7-9-22-24(20)33-14-37(22)25-21(28)11-19(13-32-25)27(29,30)31/h3-14,22H,1-2H3,(H,35,38). The first kappa shape index (κ1) is 25.7. The lowest BCUT2D eigenvalue weighted by molar-refractivity contribution is -0.137. The minimum absolute atomic E-state index is 0.105. The highest BCUT2D eigenvalue weighted by Crippen LogP contribution is 2.36. The van der Waals surface area contributed by atoms with Crippen molar-refractivity contribution in [3.63, 3.8) is 0 Å². The van der Waals surface area contributed by atoms with Gasteiger partial charge >= 0.3 is 6.18 Å². The number of fused-ring (bicyclic) bond motifs is 2. The van der Waals surface area contributed by atoms with Gasteiger partial charge in [0.2, 0.25) is 5.11 Å². The predicted molar refractivity (Wildman–Crippen MR) is 149 cm³/mol. The molecule has 1 aliphatic heterocycles. The summed E-state index contributed by atoms with van der Waals surface area (Å²) in [5.41, 5.74) is 3.80. The van der Waals surface area contributed by atoms with E-state index in [9.17, 15) is 13.2 Å². The van der Waals surface area contributed by atoms with Gasteiger partial charge in [0.15, 0.2) is 5.82 Å². The van der Waals surface area contributed by atoms with E-state index in [0.717, 1.165) is 50.8 Å². The molecule has 0 fully saturated rings. The molecule has 5 rings (SSSR count). The Morgan fingerprint density at radius 3 is 2.63 bits per heavy atom. The second-order valence-corrected chi connectivity index (χ2v) is 9.55. The number of azo groups is 1. The fourth-order valence-electron chi connectivity index (χ4n) is 4.30. The van der Waals surface area contributed by atoms with Crippen molar-refractivity contribution in [3.05, 3.63) is 92.5 Å². The summed E-state index contributed by atoms with van der Waals surface area (Å²) in [4.78, 5) is 10.1. The Kier molecular flexibility index (Phi) is 6.85. The third kappa shape index (κ3) is 5.09. The van der Waals surface area contributed by atoms with Crippen LogP contribution in [-0.2, 0) is 6.18 Å². The normalized spacial score (nSPS) is 16.8. The summed E-state index contributed by atoms with van der Waals surface area (Å²) in [6.45, 7) is 3.99. The second-order valence-electron chi connectivity index (χ2n) is 8.76. The summed E-state index contributed by atoms with van der Waals surface area (Å²) in [6.07, 6.45) is 3.21. The van der Waals surface area contributed by atoms with Crippen LogP contribution in [0, 0.1) is 13.8 Å². The lowest BCUT2D eigenvalue weighted by Gasteiger charge is -2.24. The van der Waals surface area contributed by atoms with E-state index in [2.05, 4.69) is 25.5 Å². The quantitative estimate of drug-likeness (QED) is 0.319. The van der Waals surface area contributed by atoms with Crippen LogP contribution in [0.1, 0.15) is 22.3 Å². The highest BCUT2D eigenvalue weighted by Gasteiger charge is 2.34. The van der Waals surface area contributed by atoms with E-state index in [0.29, 0.717) is 0 Å². The number of nitrogens with one attached hydrogen (secondary N) is 1. The van der Waals surface area contributed by atoms with Crippen LogP contribution in [0.2, 0.25) is 5.02 Å². The molecule has 1 unspecified atom stereocenters. The topological polar surface area (TPSA) is 65.2 Å². The van der Waals surface area contributed by atoms with E-state index in [1.807, 2.05) is 62.4 Å². The largest absolute Gasteiger partial charge is 0.417 e. The average Bonchev–Trinajstić information content (AvgIpc) is 3.30. The highest BCUT2D eigenvalue weighted by molar-refractivity contribution is 7.80. The third-order valence-electron chi connectivity index (χ3n) is 6.17. The van der Waals surface area contributed by atoms with Crippen LogP contribution in [0.4, 0.5) is 24.7 Å². The Labute approximate surface area is 226 Å². The van der Waals surface area contributed by atoms with Gasteiger partial charge in [0.1, 0.15) is 0 Å². The molecule has 1 aliphatic carbocycles. The summed E-state index contributed by atoms with van der Waals surface area (Å²) in [5, 5.41) is 13.2. The molecule has 0 amide bonds. The van der Waals surface area contributed by atoms with Crippen molar-refractivity contribution in [1.82, 2.24) is 4.98 Å². The molecular formula is C27H20ClF3N6S. The molecule has 38 heavy (non-hydrogen) atoms. The van der Waals surface area contributed by atoms with Crippen LogP contribution < -0.4 is 20.7 Å². The average molecular weight is 553 g/mol. The number of alkyl halides is 3. The Morgan fingerprint density at radius 2 is 1.92 bits per heavy atom. The van der Waals surface area contributed by atoms with Crippen molar-refractivity contribution in [2.24, 2.45) is 15.2 Å². The number of benzene rings is 2. The molecule has 0 bridgehead atoms. The molecule has 1 N–H and O–H groups in total. The van der Waals surface area contributed by atoms with Crippen molar-refractivity contribution in [2.45, 2.75) is 26.1 Å². The molecule has 0 spiro atoms. The smallest absolute Gasteiger partial charge is 0.329 e. The Hall–Kier alpha value is -3.89. The zero-order valence-electron chi connectivity index (χ0n) is 20.2. The number of hydrogen-bond acceptors (Lipinski definition) is 5. The number of pyridine rings is 1. The zero-order chi connectivity index (χ0) is 27.0.